The van der Waals surface area contributed by atoms with Crippen molar-refractivity contribution in [1.29, 1.82) is 0 Å². The first kappa shape index (κ1) is 10.9. The van der Waals surface area contributed by atoms with Crippen LogP contribution in [0.15, 0.2) is 36.1 Å². The molecule has 2 heteroatoms. The molecule has 0 aliphatic rings. The Hall–Kier alpha value is -1.21. The van der Waals surface area contributed by atoms with Crippen molar-refractivity contribution in [2.24, 2.45) is 0 Å². The number of allylic oxidation sites excluding steroid dienone is 3. The summed E-state index contributed by atoms with van der Waals surface area (Å²) in [4.78, 5) is 0. The Balaban J connectivity index is 2.83. The number of benzene rings is 1. The SMILES string of the molecule is C/C(O)=C/C=C/c1ccc(C)c(Cl)c1. The van der Waals surface area contributed by atoms with Crippen molar-refractivity contribution < 1.29 is 5.11 Å². The first-order valence-corrected chi connectivity index (χ1v) is 4.77. The lowest BCUT2D eigenvalue weighted by molar-refractivity contribution is 0.414. The lowest BCUT2D eigenvalue weighted by Gasteiger charge is -1.98. The largest absolute Gasteiger partial charge is 0.513 e. The van der Waals surface area contributed by atoms with Crippen LogP contribution in [-0.2, 0) is 0 Å². The smallest absolute Gasteiger partial charge is 0.0891 e. The molecule has 0 aromatic heterocycles. The van der Waals surface area contributed by atoms with Crippen molar-refractivity contribution in [2.75, 3.05) is 0 Å². The molecule has 0 fully saturated rings. The van der Waals surface area contributed by atoms with Crippen LogP contribution >= 0.6 is 11.6 Å². The average Bonchev–Trinajstić information content (AvgIpc) is 2.10. The second kappa shape index (κ2) is 4.87. The van der Waals surface area contributed by atoms with Crippen LogP contribution in [-0.4, -0.2) is 5.11 Å². The van der Waals surface area contributed by atoms with Crippen LogP contribution in [0, 0.1) is 6.92 Å². The Kier molecular flexibility index (Phi) is 3.78. The Labute approximate surface area is 89.3 Å². The molecule has 14 heavy (non-hydrogen) atoms. The highest BCUT2D eigenvalue weighted by atomic mass is 35.5. The summed E-state index contributed by atoms with van der Waals surface area (Å²) in [5, 5.41) is 9.67. The van der Waals surface area contributed by atoms with E-state index in [0.717, 1.165) is 16.1 Å². The predicted octanol–water partition coefficient (Wildman–Crippen LogP) is 4.12. The van der Waals surface area contributed by atoms with Crippen molar-refractivity contribution in [1.82, 2.24) is 0 Å². The molecule has 0 radical (unpaired) electrons. The molecule has 0 spiro atoms. The highest BCUT2D eigenvalue weighted by molar-refractivity contribution is 6.31. The number of aryl methyl sites for hydroxylation is 1. The van der Waals surface area contributed by atoms with Crippen LogP contribution in [0.2, 0.25) is 5.02 Å². The third-order valence-electron chi connectivity index (χ3n) is 1.82. The van der Waals surface area contributed by atoms with E-state index < -0.39 is 0 Å². The quantitative estimate of drug-likeness (QED) is 0.573. The van der Waals surface area contributed by atoms with Crippen LogP contribution < -0.4 is 0 Å². The number of rotatable bonds is 2. The highest BCUT2D eigenvalue weighted by Crippen LogP contribution is 2.17. The van der Waals surface area contributed by atoms with Crippen LogP contribution in [0.1, 0.15) is 18.1 Å². The van der Waals surface area contributed by atoms with Gasteiger partial charge in [0.15, 0.2) is 0 Å². The van der Waals surface area contributed by atoms with E-state index in [1.807, 2.05) is 31.2 Å². The summed E-state index contributed by atoms with van der Waals surface area (Å²) >= 11 is 5.96. The van der Waals surface area contributed by atoms with E-state index >= 15 is 0 Å². The van der Waals surface area contributed by atoms with E-state index in [1.54, 1.807) is 19.1 Å². The maximum atomic E-state index is 8.91. The molecule has 0 atom stereocenters. The van der Waals surface area contributed by atoms with Crippen molar-refractivity contribution in [3.63, 3.8) is 0 Å². The third kappa shape index (κ3) is 3.27. The molecule has 1 aromatic rings. The molecule has 1 N–H and O–H groups in total. The Morgan fingerprint density at radius 1 is 1.43 bits per heavy atom. The van der Waals surface area contributed by atoms with Crippen LogP contribution in [0.3, 0.4) is 0 Å². The van der Waals surface area contributed by atoms with Crippen LogP contribution in [0.4, 0.5) is 0 Å². The zero-order valence-corrected chi connectivity index (χ0v) is 9.05. The minimum atomic E-state index is 0.291. The molecule has 1 aromatic carbocycles. The zero-order chi connectivity index (χ0) is 10.6. The van der Waals surface area contributed by atoms with Crippen molar-refractivity contribution in [3.8, 4) is 0 Å². The summed E-state index contributed by atoms with van der Waals surface area (Å²) < 4.78 is 0. The van der Waals surface area contributed by atoms with E-state index in [2.05, 4.69) is 0 Å². The van der Waals surface area contributed by atoms with E-state index in [9.17, 15) is 0 Å². The van der Waals surface area contributed by atoms with Crippen LogP contribution in [0.5, 0.6) is 0 Å². The molecule has 1 rings (SSSR count). The van der Waals surface area contributed by atoms with Gasteiger partial charge in [-0.3, -0.25) is 0 Å². The molecule has 1 nitrogen and oxygen atoms in total. The van der Waals surface area contributed by atoms with Gasteiger partial charge in [-0.2, -0.15) is 0 Å². The van der Waals surface area contributed by atoms with E-state index in [4.69, 9.17) is 16.7 Å². The zero-order valence-electron chi connectivity index (χ0n) is 8.29. The topological polar surface area (TPSA) is 20.2 Å². The van der Waals surface area contributed by atoms with Gasteiger partial charge in [-0.25, -0.2) is 0 Å². The summed E-state index contributed by atoms with van der Waals surface area (Å²) in [5.74, 6) is 0.291. The lowest BCUT2D eigenvalue weighted by Crippen LogP contribution is -1.76. The maximum absolute atomic E-state index is 8.91. The highest BCUT2D eigenvalue weighted by Gasteiger charge is 1.93. The van der Waals surface area contributed by atoms with Gasteiger partial charge in [0.2, 0.25) is 0 Å². The van der Waals surface area contributed by atoms with Crippen molar-refractivity contribution >= 4 is 17.7 Å². The number of halogens is 1. The molecule has 0 saturated heterocycles. The third-order valence-corrected chi connectivity index (χ3v) is 2.23. The summed E-state index contributed by atoms with van der Waals surface area (Å²) in [6.07, 6.45) is 5.31. The van der Waals surface area contributed by atoms with Gasteiger partial charge in [-0.1, -0.05) is 35.9 Å². The minimum absolute atomic E-state index is 0.291. The van der Waals surface area contributed by atoms with Gasteiger partial charge in [-0.05, 0) is 37.1 Å². The van der Waals surface area contributed by atoms with E-state index in [1.165, 1.54) is 0 Å². The Morgan fingerprint density at radius 2 is 2.14 bits per heavy atom. The molecule has 0 bridgehead atoms. The van der Waals surface area contributed by atoms with Gasteiger partial charge < -0.3 is 5.11 Å². The number of hydrogen-bond donors (Lipinski definition) is 1. The standard InChI is InChI=1S/C12H13ClO/c1-9-6-7-11(8-12(9)13)5-3-4-10(2)14/h3-8,14H,1-2H3/b5-3+,10-4-. The van der Waals surface area contributed by atoms with Crippen LogP contribution in [0.25, 0.3) is 6.08 Å². The van der Waals surface area contributed by atoms with Crippen molar-refractivity contribution in [3.05, 3.63) is 52.3 Å². The molecule has 0 heterocycles. The molecule has 0 amide bonds. The van der Waals surface area contributed by atoms with Gasteiger partial charge in [0.25, 0.3) is 0 Å². The first-order chi connectivity index (χ1) is 6.59. The molecule has 0 aliphatic carbocycles. The fourth-order valence-electron chi connectivity index (χ4n) is 1.01. The van der Waals surface area contributed by atoms with E-state index in [-0.39, 0.29) is 0 Å². The number of hydrogen-bond acceptors (Lipinski definition) is 1. The second-order valence-corrected chi connectivity index (χ2v) is 3.58. The van der Waals surface area contributed by atoms with E-state index in [0.29, 0.717) is 5.76 Å². The predicted molar refractivity (Wildman–Crippen MR) is 61.6 cm³/mol. The molecule has 0 unspecified atom stereocenters. The molecule has 0 aliphatic heterocycles. The summed E-state index contributed by atoms with van der Waals surface area (Å²) in [6.45, 7) is 3.60. The van der Waals surface area contributed by atoms with Gasteiger partial charge in [0, 0.05) is 5.02 Å². The van der Waals surface area contributed by atoms with Gasteiger partial charge in [0.1, 0.15) is 0 Å². The summed E-state index contributed by atoms with van der Waals surface area (Å²) in [7, 11) is 0. The van der Waals surface area contributed by atoms with Crippen molar-refractivity contribution in [2.45, 2.75) is 13.8 Å². The molecular formula is C12H13ClO. The number of aliphatic hydroxyl groups excluding tert-OH is 1. The fraction of sp³-hybridized carbons (Fsp3) is 0.167. The Morgan fingerprint density at radius 3 is 2.71 bits per heavy atom. The summed E-state index contributed by atoms with van der Waals surface area (Å²) in [5.41, 5.74) is 2.09. The molecule has 0 saturated carbocycles. The lowest BCUT2D eigenvalue weighted by atomic mass is 10.1. The average molecular weight is 209 g/mol. The molecule has 74 valence electrons. The summed E-state index contributed by atoms with van der Waals surface area (Å²) in [6, 6.07) is 5.85. The second-order valence-electron chi connectivity index (χ2n) is 3.18. The number of aliphatic hydroxyl groups is 1. The molecular weight excluding hydrogens is 196 g/mol. The normalized spacial score (nSPS) is 12.4. The fourth-order valence-corrected chi connectivity index (χ4v) is 1.20. The maximum Gasteiger partial charge on any atom is 0.0891 e. The minimum Gasteiger partial charge on any atom is -0.513 e. The van der Waals surface area contributed by atoms with Gasteiger partial charge >= 0.3 is 0 Å². The van der Waals surface area contributed by atoms with Gasteiger partial charge in [0.05, 0.1) is 5.76 Å². The van der Waals surface area contributed by atoms with Gasteiger partial charge in [-0.15, -0.1) is 0 Å². The monoisotopic (exact) mass is 208 g/mol. The Bertz CT molecular complexity index is 374. The first-order valence-electron chi connectivity index (χ1n) is 4.39.